The molecule has 3 nitrogen and oxygen atoms in total. The lowest BCUT2D eigenvalue weighted by atomic mass is 9.95. The lowest BCUT2D eigenvalue weighted by molar-refractivity contribution is 0.297. The smallest absolute Gasteiger partial charge is 0.161 e. The predicted octanol–water partition coefficient (Wildman–Crippen LogP) is 3.97. The zero-order chi connectivity index (χ0) is 14.8. The highest BCUT2D eigenvalue weighted by Gasteiger charge is 2.16. The van der Waals surface area contributed by atoms with Crippen molar-refractivity contribution in [2.24, 2.45) is 5.73 Å². The zero-order valence-corrected chi connectivity index (χ0v) is 13.5. The van der Waals surface area contributed by atoms with E-state index >= 15 is 0 Å². The summed E-state index contributed by atoms with van der Waals surface area (Å²) in [4.78, 5) is 0. The first-order valence-corrected chi connectivity index (χ1v) is 7.85. The summed E-state index contributed by atoms with van der Waals surface area (Å²) in [5.74, 6) is 1.59. The van der Waals surface area contributed by atoms with Crippen LogP contribution in [-0.2, 0) is 0 Å². The molecule has 1 aliphatic heterocycles. The average Bonchev–Trinajstić information content (AvgIpc) is 2.73. The van der Waals surface area contributed by atoms with Gasteiger partial charge in [0.2, 0.25) is 0 Å². The molecule has 0 spiro atoms. The number of fused-ring (bicyclic) bond motifs is 1. The van der Waals surface area contributed by atoms with Gasteiger partial charge in [-0.05, 0) is 47.9 Å². The lowest BCUT2D eigenvalue weighted by Gasteiger charge is -2.17. The highest BCUT2D eigenvalue weighted by Crippen LogP contribution is 2.34. The van der Waals surface area contributed by atoms with Gasteiger partial charge in [0.1, 0.15) is 0 Å². The fraction of sp³-hybridized carbons (Fsp3) is 0.294. The van der Waals surface area contributed by atoms with Crippen LogP contribution in [0.5, 0.6) is 11.5 Å². The molecule has 0 bridgehead atoms. The molecule has 0 fully saturated rings. The number of ether oxygens (including phenoxy) is 2. The van der Waals surface area contributed by atoms with E-state index in [1.165, 1.54) is 5.56 Å². The topological polar surface area (TPSA) is 44.5 Å². The van der Waals surface area contributed by atoms with Crippen molar-refractivity contribution in [3.8, 4) is 11.5 Å². The van der Waals surface area contributed by atoms with Gasteiger partial charge in [-0.15, -0.1) is 0 Å². The molecule has 0 saturated carbocycles. The summed E-state index contributed by atoms with van der Waals surface area (Å²) in [5.41, 5.74) is 9.76. The van der Waals surface area contributed by atoms with Crippen molar-refractivity contribution in [1.82, 2.24) is 0 Å². The maximum Gasteiger partial charge on any atom is 0.161 e. The molecule has 3 rings (SSSR count). The highest BCUT2D eigenvalue weighted by atomic mass is 79.9. The first-order chi connectivity index (χ1) is 10.1. The van der Waals surface area contributed by atoms with Crippen molar-refractivity contribution in [2.75, 3.05) is 13.2 Å². The molecule has 21 heavy (non-hydrogen) atoms. The van der Waals surface area contributed by atoms with Gasteiger partial charge < -0.3 is 15.2 Å². The molecular formula is C17H18BrNO2. The zero-order valence-electron chi connectivity index (χ0n) is 11.9. The van der Waals surface area contributed by atoms with Crippen LogP contribution in [0.4, 0.5) is 0 Å². The van der Waals surface area contributed by atoms with E-state index in [0.717, 1.165) is 33.5 Å². The minimum absolute atomic E-state index is 0.181. The van der Waals surface area contributed by atoms with E-state index in [1.54, 1.807) is 0 Å². The van der Waals surface area contributed by atoms with Gasteiger partial charge in [-0.2, -0.15) is 0 Å². The molecule has 0 saturated heterocycles. The molecule has 0 aliphatic carbocycles. The summed E-state index contributed by atoms with van der Waals surface area (Å²) in [6, 6.07) is 11.9. The Hall–Kier alpha value is -1.52. The minimum Gasteiger partial charge on any atom is -0.490 e. The van der Waals surface area contributed by atoms with Crippen molar-refractivity contribution in [1.29, 1.82) is 0 Å². The fourth-order valence-corrected chi connectivity index (χ4v) is 2.88. The Kier molecular flexibility index (Phi) is 4.17. The van der Waals surface area contributed by atoms with Crippen molar-refractivity contribution >= 4 is 15.9 Å². The summed E-state index contributed by atoms with van der Waals surface area (Å²) in [6.45, 7) is 3.45. The number of halogens is 1. The highest BCUT2D eigenvalue weighted by molar-refractivity contribution is 9.10. The maximum atomic E-state index is 6.44. The largest absolute Gasteiger partial charge is 0.490 e. The second-order valence-electron chi connectivity index (χ2n) is 5.24. The normalized spacial score (nSPS) is 15.4. The Morgan fingerprint density at radius 2 is 1.81 bits per heavy atom. The van der Waals surface area contributed by atoms with Crippen molar-refractivity contribution in [3.63, 3.8) is 0 Å². The van der Waals surface area contributed by atoms with Crippen LogP contribution in [-0.4, -0.2) is 13.2 Å². The Balaban J connectivity index is 1.96. The van der Waals surface area contributed by atoms with Crippen LogP contribution in [0.25, 0.3) is 0 Å². The molecule has 2 aromatic rings. The number of aryl methyl sites for hydroxylation is 1. The van der Waals surface area contributed by atoms with E-state index in [2.05, 4.69) is 35.0 Å². The number of benzene rings is 2. The number of hydrogen-bond acceptors (Lipinski definition) is 3. The molecule has 1 heterocycles. The summed E-state index contributed by atoms with van der Waals surface area (Å²) < 4.78 is 12.4. The van der Waals surface area contributed by atoms with Gasteiger partial charge in [-0.3, -0.25) is 0 Å². The Labute approximate surface area is 133 Å². The third kappa shape index (κ3) is 3.06. The van der Waals surface area contributed by atoms with E-state index in [-0.39, 0.29) is 6.04 Å². The number of hydrogen-bond donors (Lipinski definition) is 1. The summed E-state index contributed by atoms with van der Waals surface area (Å²) >= 11 is 3.51. The Morgan fingerprint density at radius 3 is 2.62 bits per heavy atom. The van der Waals surface area contributed by atoms with Crippen molar-refractivity contribution in [3.05, 3.63) is 57.6 Å². The van der Waals surface area contributed by atoms with Crippen LogP contribution in [0.1, 0.15) is 29.2 Å². The van der Waals surface area contributed by atoms with Gasteiger partial charge in [0.05, 0.1) is 19.3 Å². The second kappa shape index (κ2) is 6.08. The summed E-state index contributed by atoms with van der Waals surface area (Å²) in [6.07, 6.45) is 0.904. The predicted molar refractivity (Wildman–Crippen MR) is 87.0 cm³/mol. The summed E-state index contributed by atoms with van der Waals surface area (Å²) in [7, 11) is 0. The molecule has 110 valence electrons. The van der Waals surface area contributed by atoms with Crippen LogP contribution in [0.2, 0.25) is 0 Å². The van der Waals surface area contributed by atoms with Gasteiger partial charge in [0.15, 0.2) is 11.5 Å². The van der Waals surface area contributed by atoms with Crippen LogP contribution in [0.15, 0.2) is 40.9 Å². The van der Waals surface area contributed by atoms with Crippen molar-refractivity contribution in [2.45, 2.75) is 19.4 Å². The molecule has 0 amide bonds. The van der Waals surface area contributed by atoms with E-state index in [0.29, 0.717) is 13.2 Å². The number of nitrogens with two attached hydrogens (primary N) is 1. The second-order valence-corrected chi connectivity index (χ2v) is 6.15. The fourth-order valence-electron chi connectivity index (χ4n) is 2.50. The maximum absolute atomic E-state index is 6.44. The van der Waals surface area contributed by atoms with Crippen molar-refractivity contribution < 1.29 is 9.47 Å². The van der Waals surface area contributed by atoms with Gasteiger partial charge in [-0.25, -0.2) is 0 Å². The standard InChI is InChI=1S/C17H18BrNO2/c1-11-3-5-13(18)10-14(11)17(19)12-4-6-15-16(9-12)21-8-2-7-20-15/h3-6,9-10,17H,2,7-8,19H2,1H3. The molecule has 1 atom stereocenters. The third-order valence-corrected chi connectivity index (χ3v) is 4.20. The van der Waals surface area contributed by atoms with Gasteiger partial charge in [0.25, 0.3) is 0 Å². The Morgan fingerprint density at radius 1 is 1.05 bits per heavy atom. The third-order valence-electron chi connectivity index (χ3n) is 3.71. The molecule has 1 unspecified atom stereocenters. The van der Waals surface area contributed by atoms with E-state index in [9.17, 15) is 0 Å². The molecule has 1 aliphatic rings. The van der Waals surface area contributed by atoms with E-state index < -0.39 is 0 Å². The van der Waals surface area contributed by atoms with Crippen LogP contribution >= 0.6 is 15.9 Å². The SMILES string of the molecule is Cc1ccc(Br)cc1C(N)c1ccc2c(c1)OCCCO2. The Bertz CT molecular complexity index is 657. The van der Waals surface area contributed by atoms with E-state index in [1.807, 2.05) is 24.3 Å². The van der Waals surface area contributed by atoms with Gasteiger partial charge in [-0.1, -0.05) is 28.1 Å². The first-order valence-electron chi connectivity index (χ1n) is 7.06. The first kappa shape index (κ1) is 14.4. The molecule has 4 heteroatoms. The number of rotatable bonds is 2. The quantitative estimate of drug-likeness (QED) is 0.893. The summed E-state index contributed by atoms with van der Waals surface area (Å²) in [5, 5.41) is 0. The minimum atomic E-state index is -0.181. The molecule has 2 N–H and O–H groups in total. The lowest BCUT2D eigenvalue weighted by Crippen LogP contribution is -2.13. The van der Waals surface area contributed by atoms with Crippen LogP contribution in [0.3, 0.4) is 0 Å². The van der Waals surface area contributed by atoms with E-state index in [4.69, 9.17) is 15.2 Å². The molecular weight excluding hydrogens is 330 g/mol. The molecule has 0 radical (unpaired) electrons. The average molecular weight is 348 g/mol. The van der Waals surface area contributed by atoms with Gasteiger partial charge in [0, 0.05) is 10.9 Å². The molecule has 2 aromatic carbocycles. The monoisotopic (exact) mass is 347 g/mol. The van der Waals surface area contributed by atoms with Crippen LogP contribution in [0, 0.1) is 6.92 Å². The van der Waals surface area contributed by atoms with Crippen LogP contribution < -0.4 is 15.2 Å². The molecule has 0 aromatic heterocycles. The van der Waals surface area contributed by atoms with Gasteiger partial charge >= 0.3 is 0 Å².